The molecule has 2 aromatic rings. The highest BCUT2D eigenvalue weighted by atomic mass is 16.6. The van der Waals surface area contributed by atoms with Crippen LogP contribution in [0.15, 0.2) is 48.5 Å². The van der Waals surface area contributed by atoms with Gasteiger partial charge in [-0.25, -0.2) is 4.79 Å². The number of benzene rings is 2. The lowest BCUT2D eigenvalue weighted by atomic mass is 9.98. The minimum atomic E-state index is -1.09. The van der Waals surface area contributed by atoms with E-state index in [1.54, 1.807) is 0 Å². The zero-order valence-corrected chi connectivity index (χ0v) is 26.4. The van der Waals surface area contributed by atoms with Crippen LogP contribution in [0, 0.1) is 0 Å². The summed E-state index contributed by atoms with van der Waals surface area (Å²) in [5.41, 5.74) is 4.29. The van der Waals surface area contributed by atoms with E-state index in [4.69, 9.17) is 38.6 Å². The number of rotatable bonds is 25. The summed E-state index contributed by atoms with van der Waals surface area (Å²) < 4.78 is 32.2. The van der Waals surface area contributed by atoms with E-state index < -0.39 is 30.0 Å². The zero-order chi connectivity index (χ0) is 33.7. The molecule has 2 amide bonds. The molecule has 0 radical (unpaired) electrons. The first kappa shape index (κ1) is 37.4. The van der Waals surface area contributed by atoms with Crippen molar-refractivity contribution in [3.63, 3.8) is 0 Å². The molecule has 0 saturated carbocycles. The van der Waals surface area contributed by atoms with Gasteiger partial charge in [-0.3, -0.25) is 14.4 Å². The largest absolute Gasteiger partial charge is 0.481 e. The third kappa shape index (κ3) is 14.1. The Morgan fingerprint density at radius 3 is 1.62 bits per heavy atom. The average molecular weight is 661 g/mol. The van der Waals surface area contributed by atoms with Crippen molar-refractivity contribution >= 4 is 23.9 Å². The summed E-state index contributed by atoms with van der Waals surface area (Å²) in [5.74, 6) is -2.67. The Morgan fingerprint density at radius 1 is 0.638 bits per heavy atom. The molecule has 4 N–H and O–H groups in total. The van der Waals surface area contributed by atoms with Crippen LogP contribution in [-0.2, 0) is 42.8 Å². The molecule has 14 nitrogen and oxygen atoms in total. The number of carboxylic acids is 2. The quantitative estimate of drug-likeness (QED) is 0.114. The Kier molecular flexibility index (Phi) is 17.2. The lowest BCUT2D eigenvalue weighted by molar-refractivity contribution is -0.139. The van der Waals surface area contributed by atoms with E-state index in [9.17, 15) is 19.2 Å². The summed E-state index contributed by atoms with van der Waals surface area (Å²) in [7, 11) is 0. The number of carboxylic acid groups (broad SMARTS) is 2. The van der Waals surface area contributed by atoms with E-state index in [1.165, 1.54) is 0 Å². The fourth-order valence-electron chi connectivity index (χ4n) is 4.83. The highest BCUT2D eigenvalue weighted by molar-refractivity contribution is 5.86. The van der Waals surface area contributed by atoms with Crippen molar-refractivity contribution in [3.05, 3.63) is 59.7 Å². The maximum Gasteiger partial charge on any atom is 0.407 e. The molecule has 0 aromatic heterocycles. The number of amides is 2. The summed E-state index contributed by atoms with van der Waals surface area (Å²) in [4.78, 5) is 47.0. The lowest BCUT2D eigenvalue weighted by Crippen LogP contribution is -2.48. The molecule has 0 saturated heterocycles. The number of alkyl carbamates (subject to hydrolysis) is 1. The summed E-state index contributed by atoms with van der Waals surface area (Å²) in [6, 6.07) is 14.8. The van der Waals surface area contributed by atoms with Crippen molar-refractivity contribution in [3.8, 4) is 11.1 Å². The molecule has 1 aliphatic carbocycles. The molecule has 2 aromatic carbocycles. The van der Waals surface area contributed by atoms with Gasteiger partial charge in [-0.1, -0.05) is 48.5 Å². The minimum absolute atomic E-state index is 0.0352. The van der Waals surface area contributed by atoms with E-state index in [2.05, 4.69) is 10.6 Å². The summed E-state index contributed by atoms with van der Waals surface area (Å²) in [6.45, 7) is 3.39. The topological polar surface area (TPSA) is 188 Å². The van der Waals surface area contributed by atoms with Crippen LogP contribution >= 0.6 is 0 Å². The molecule has 1 aliphatic rings. The van der Waals surface area contributed by atoms with Crippen molar-refractivity contribution in [1.29, 1.82) is 0 Å². The number of fused-ring (bicyclic) bond motifs is 3. The van der Waals surface area contributed by atoms with Gasteiger partial charge in [-0.2, -0.15) is 0 Å². The number of ether oxygens (including phenoxy) is 6. The molecule has 0 bridgehead atoms. The third-order valence-electron chi connectivity index (χ3n) is 7.09. The Morgan fingerprint density at radius 2 is 1.11 bits per heavy atom. The molecule has 0 heterocycles. The van der Waals surface area contributed by atoms with Crippen molar-refractivity contribution < 1.29 is 57.8 Å². The summed E-state index contributed by atoms with van der Waals surface area (Å²) in [6.07, 6.45) is -1.25. The van der Waals surface area contributed by atoms with Crippen LogP contribution in [0.25, 0.3) is 11.1 Å². The fourth-order valence-corrected chi connectivity index (χ4v) is 4.83. The van der Waals surface area contributed by atoms with Gasteiger partial charge in [0.1, 0.15) is 12.6 Å². The zero-order valence-electron chi connectivity index (χ0n) is 26.4. The molecule has 1 atom stereocenters. The van der Waals surface area contributed by atoms with Gasteiger partial charge in [-0.05, 0) is 28.7 Å². The van der Waals surface area contributed by atoms with Gasteiger partial charge in [0.15, 0.2) is 0 Å². The second-order valence-corrected chi connectivity index (χ2v) is 10.5. The number of carbonyl (C=O) groups is 4. The average Bonchev–Trinajstić information content (AvgIpc) is 3.38. The standard InChI is InChI=1S/C33H44N2O12/c36-30(37)10-9-29(35-33(41)47-23-28-26-7-3-1-5-24(26)25-6-2-4-8-27(25)28)32(40)34-12-14-43-16-18-45-20-22-46-21-19-44-17-15-42-13-11-31(38)39/h1-8,28-29H,9-23H2,(H,34,40)(H,35,41)(H,36,37)(H,38,39). The SMILES string of the molecule is O=C(O)CCOCCOCCOCCOCCOCCNC(=O)C(CCC(=O)O)NC(=O)OCC1c2ccccc2-c2ccccc21. The molecule has 3 rings (SSSR count). The van der Waals surface area contributed by atoms with Crippen LogP contribution in [-0.4, -0.2) is 119 Å². The molecule has 14 heteroatoms. The molecule has 0 fully saturated rings. The van der Waals surface area contributed by atoms with Crippen molar-refractivity contribution in [2.45, 2.75) is 31.2 Å². The minimum Gasteiger partial charge on any atom is -0.481 e. The smallest absolute Gasteiger partial charge is 0.407 e. The van der Waals surface area contributed by atoms with Gasteiger partial charge in [0.05, 0.1) is 72.5 Å². The van der Waals surface area contributed by atoms with E-state index in [0.29, 0.717) is 52.9 Å². The maximum atomic E-state index is 12.8. The molecule has 0 spiro atoms. The van der Waals surface area contributed by atoms with Crippen molar-refractivity contribution in [1.82, 2.24) is 10.6 Å². The van der Waals surface area contributed by atoms with Crippen LogP contribution in [0.5, 0.6) is 0 Å². The molecule has 1 unspecified atom stereocenters. The van der Waals surface area contributed by atoms with Crippen molar-refractivity contribution in [2.75, 3.05) is 79.2 Å². The number of hydrogen-bond acceptors (Lipinski definition) is 10. The van der Waals surface area contributed by atoms with Gasteiger partial charge in [-0.15, -0.1) is 0 Å². The molecular weight excluding hydrogens is 616 g/mol. The Labute approximate surface area is 273 Å². The molecule has 0 aliphatic heterocycles. The molecule has 47 heavy (non-hydrogen) atoms. The summed E-state index contributed by atoms with van der Waals surface area (Å²) in [5, 5.41) is 22.8. The number of nitrogens with one attached hydrogen (secondary N) is 2. The first-order valence-corrected chi connectivity index (χ1v) is 15.6. The predicted octanol–water partition coefficient (Wildman–Crippen LogP) is 2.43. The number of hydrogen-bond donors (Lipinski definition) is 4. The fraction of sp³-hybridized carbons (Fsp3) is 0.515. The van der Waals surface area contributed by atoms with Gasteiger partial charge in [0.25, 0.3) is 0 Å². The van der Waals surface area contributed by atoms with Gasteiger partial charge in [0, 0.05) is 18.9 Å². The predicted molar refractivity (Wildman–Crippen MR) is 168 cm³/mol. The normalized spacial score (nSPS) is 12.6. The second kappa shape index (κ2) is 21.7. The van der Waals surface area contributed by atoms with Crippen LogP contribution in [0.2, 0.25) is 0 Å². The first-order chi connectivity index (χ1) is 22.9. The van der Waals surface area contributed by atoms with Gasteiger partial charge >= 0.3 is 18.0 Å². The van der Waals surface area contributed by atoms with E-state index in [0.717, 1.165) is 22.3 Å². The van der Waals surface area contributed by atoms with E-state index in [1.807, 2.05) is 48.5 Å². The van der Waals surface area contributed by atoms with Crippen LogP contribution < -0.4 is 10.6 Å². The highest BCUT2D eigenvalue weighted by Gasteiger charge is 2.30. The van der Waals surface area contributed by atoms with E-state index >= 15 is 0 Å². The van der Waals surface area contributed by atoms with Crippen LogP contribution in [0.1, 0.15) is 36.3 Å². The molecule has 258 valence electrons. The van der Waals surface area contributed by atoms with Crippen LogP contribution in [0.3, 0.4) is 0 Å². The summed E-state index contributed by atoms with van der Waals surface area (Å²) >= 11 is 0. The van der Waals surface area contributed by atoms with Crippen LogP contribution in [0.4, 0.5) is 4.79 Å². The molecular formula is C33H44N2O12. The Hall–Kier alpha value is -4.08. The Bertz CT molecular complexity index is 1230. The monoisotopic (exact) mass is 660 g/mol. The maximum absolute atomic E-state index is 12.8. The first-order valence-electron chi connectivity index (χ1n) is 15.6. The highest BCUT2D eigenvalue weighted by Crippen LogP contribution is 2.44. The number of carbonyl (C=O) groups excluding carboxylic acids is 2. The Balaban J connectivity index is 1.24. The van der Waals surface area contributed by atoms with Gasteiger partial charge in [0.2, 0.25) is 5.91 Å². The van der Waals surface area contributed by atoms with Gasteiger partial charge < -0.3 is 49.3 Å². The number of aliphatic carboxylic acids is 2. The second-order valence-electron chi connectivity index (χ2n) is 10.5. The van der Waals surface area contributed by atoms with Crippen molar-refractivity contribution in [2.24, 2.45) is 0 Å². The van der Waals surface area contributed by atoms with E-state index in [-0.39, 0.29) is 51.5 Å². The lowest BCUT2D eigenvalue weighted by Gasteiger charge is -2.19. The third-order valence-corrected chi connectivity index (χ3v) is 7.09.